The quantitative estimate of drug-likeness (QED) is 0.151. The van der Waals surface area contributed by atoms with Crippen molar-refractivity contribution in [3.8, 4) is 17.6 Å². The molecule has 0 aliphatic rings. The highest BCUT2D eigenvalue weighted by molar-refractivity contribution is 7.89. The number of halogens is 1. The van der Waals surface area contributed by atoms with Crippen LogP contribution in [0.2, 0.25) is 5.02 Å². The molecule has 0 radical (unpaired) electrons. The van der Waals surface area contributed by atoms with Gasteiger partial charge < -0.3 is 10.1 Å². The Morgan fingerprint density at radius 2 is 1.76 bits per heavy atom. The van der Waals surface area contributed by atoms with Gasteiger partial charge in [0, 0.05) is 17.1 Å². The van der Waals surface area contributed by atoms with Crippen LogP contribution < -0.4 is 20.3 Å². The van der Waals surface area contributed by atoms with Gasteiger partial charge in [-0.3, -0.25) is 14.8 Å². The van der Waals surface area contributed by atoms with Gasteiger partial charge in [-0.25, -0.2) is 13.9 Å². The number of hydrogen-bond donors (Lipinski definition) is 4. The number of carbonyl (C=O) groups excluding carboxylic acids is 2. The van der Waals surface area contributed by atoms with E-state index < -0.39 is 22.0 Å². The Morgan fingerprint density at radius 1 is 1.09 bits per heavy atom. The first-order chi connectivity index (χ1) is 16.3. The third-order valence-electron chi connectivity index (χ3n) is 4.66. The Balaban J connectivity index is 1.88. The molecule has 34 heavy (non-hydrogen) atoms. The van der Waals surface area contributed by atoms with Crippen molar-refractivity contribution in [3.05, 3.63) is 59.1 Å². The summed E-state index contributed by atoms with van der Waals surface area (Å²) in [7, 11) is -4.04. The maximum atomic E-state index is 12.7. The summed E-state index contributed by atoms with van der Waals surface area (Å²) in [5.41, 5.74) is 1.95. The second kappa shape index (κ2) is 13.6. The van der Waals surface area contributed by atoms with Gasteiger partial charge in [0.2, 0.25) is 10.0 Å². The number of nitrogens with one attached hydrogen (secondary N) is 3. The van der Waals surface area contributed by atoms with Crippen LogP contribution in [-0.4, -0.2) is 44.6 Å². The van der Waals surface area contributed by atoms with Gasteiger partial charge in [-0.15, -0.1) is 5.92 Å². The van der Waals surface area contributed by atoms with Crippen LogP contribution in [0.3, 0.4) is 0 Å². The maximum Gasteiger partial charge on any atom is 0.261 e. The van der Waals surface area contributed by atoms with Crippen LogP contribution in [0.1, 0.15) is 36.5 Å². The molecule has 0 aromatic heterocycles. The standard InChI is InChI=1S/C23H26ClN3O6S/c1-2-3-16-33-19-11-13-20(14-12-19)34(31,32)27-21(23(29)26-30)6-4-5-15-25-22(28)17-7-9-18(24)10-8-17/h7-14,21,27,30H,4-6,15-16H2,1H3,(H,25,28)(H,26,29). The van der Waals surface area contributed by atoms with E-state index in [1.807, 2.05) is 0 Å². The summed E-state index contributed by atoms with van der Waals surface area (Å²) >= 11 is 5.80. The Hall–Kier alpha value is -3.10. The predicted molar refractivity (Wildman–Crippen MR) is 127 cm³/mol. The molecule has 0 spiro atoms. The molecule has 0 heterocycles. The van der Waals surface area contributed by atoms with Gasteiger partial charge in [-0.05, 0) is 74.7 Å². The van der Waals surface area contributed by atoms with Crippen molar-refractivity contribution in [2.45, 2.75) is 37.1 Å². The molecular weight excluding hydrogens is 482 g/mol. The number of ether oxygens (including phenoxy) is 1. The van der Waals surface area contributed by atoms with Crippen molar-refractivity contribution in [2.24, 2.45) is 0 Å². The van der Waals surface area contributed by atoms with Crippen molar-refractivity contribution in [1.82, 2.24) is 15.5 Å². The largest absolute Gasteiger partial charge is 0.481 e. The number of unbranched alkanes of at least 4 members (excludes halogenated alkanes) is 1. The Morgan fingerprint density at radius 3 is 2.38 bits per heavy atom. The molecule has 0 aliphatic carbocycles. The summed E-state index contributed by atoms with van der Waals surface area (Å²) in [6.45, 7) is 2.19. The third kappa shape index (κ3) is 8.68. The van der Waals surface area contributed by atoms with E-state index in [4.69, 9.17) is 21.5 Å². The number of sulfonamides is 1. The number of amides is 2. The van der Waals surface area contributed by atoms with Gasteiger partial charge in [-0.1, -0.05) is 17.5 Å². The van der Waals surface area contributed by atoms with Crippen molar-refractivity contribution in [1.29, 1.82) is 0 Å². The van der Waals surface area contributed by atoms with Crippen molar-refractivity contribution in [3.63, 3.8) is 0 Å². The van der Waals surface area contributed by atoms with Crippen molar-refractivity contribution < 1.29 is 28.0 Å². The first-order valence-corrected chi connectivity index (χ1v) is 12.3. The summed E-state index contributed by atoms with van der Waals surface area (Å²) in [4.78, 5) is 24.0. The van der Waals surface area contributed by atoms with Crippen molar-refractivity contribution in [2.75, 3.05) is 13.2 Å². The number of hydrogen-bond acceptors (Lipinski definition) is 6. The van der Waals surface area contributed by atoms with E-state index in [0.717, 1.165) is 0 Å². The second-order valence-corrected chi connectivity index (χ2v) is 9.25. The molecule has 1 unspecified atom stereocenters. The predicted octanol–water partition coefficient (Wildman–Crippen LogP) is 2.49. The van der Waals surface area contributed by atoms with Crippen LogP contribution in [0.15, 0.2) is 53.4 Å². The monoisotopic (exact) mass is 507 g/mol. The molecular formula is C23H26ClN3O6S. The molecule has 1 atom stereocenters. The summed E-state index contributed by atoms with van der Waals surface area (Å²) in [6.07, 6.45) is 1.01. The van der Waals surface area contributed by atoms with Crippen molar-refractivity contribution >= 4 is 33.4 Å². The van der Waals surface area contributed by atoms with Crippen LogP contribution in [0, 0.1) is 11.8 Å². The Bertz CT molecular complexity index is 1130. The topological polar surface area (TPSA) is 134 Å². The highest BCUT2D eigenvalue weighted by Crippen LogP contribution is 2.17. The normalized spacial score (nSPS) is 11.6. The zero-order chi connectivity index (χ0) is 25.0. The zero-order valence-corrected chi connectivity index (χ0v) is 20.1. The van der Waals surface area contributed by atoms with E-state index in [0.29, 0.717) is 35.7 Å². The lowest BCUT2D eigenvalue weighted by molar-refractivity contribution is -0.131. The summed E-state index contributed by atoms with van der Waals surface area (Å²) in [6, 6.07) is 10.9. The fourth-order valence-corrected chi connectivity index (χ4v) is 4.22. The van der Waals surface area contributed by atoms with E-state index in [1.54, 1.807) is 31.2 Å². The third-order valence-corrected chi connectivity index (χ3v) is 6.40. The van der Waals surface area contributed by atoms with Crippen LogP contribution in [0.5, 0.6) is 5.75 Å². The average Bonchev–Trinajstić information content (AvgIpc) is 2.83. The molecule has 0 fully saturated rings. The van der Waals surface area contributed by atoms with Gasteiger partial charge in [0.25, 0.3) is 11.8 Å². The molecule has 0 saturated carbocycles. The smallest absolute Gasteiger partial charge is 0.261 e. The molecule has 2 aromatic carbocycles. The fourth-order valence-electron chi connectivity index (χ4n) is 2.86. The van der Waals surface area contributed by atoms with E-state index in [2.05, 4.69) is 21.9 Å². The van der Waals surface area contributed by atoms with Crippen LogP contribution in [0.25, 0.3) is 0 Å². The molecule has 11 heteroatoms. The molecule has 4 N–H and O–H groups in total. The van der Waals surface area contributed by atoms with E-state index in [-0.39, 0.29) is 23.8 Å². The summed E-state index contributed by atoms with van der Waals surface area (Å²) < 4.78 is 33.0. The van der Waals surface area contributed by atoms with E-state index >= 15 is 0 Å². The molecule has 2 rings (SSSR count). The second-order valence-electron chi connectivity index (χ2n) is 7.10. The van der Waals surface area contributed by atoms with E-state index in [9.17, 15) is 18.0 Å². The lowest BCUT2D eigenvalue weighted by Gasteiger charge is -2.17. The minimum atomic E-state index is -4.04. The minimum Gasteiger partial charge on any atom is -0.481 e. The van der Waals surface area contributed by atoms with Gasteiger partial charge >= 0.3 is 0 Å². The first kappa shape index (κ1) is 27.1. The Kier molecular flexibility index (Phi) is 10.8. The van der Waals surface area contributed by atoms with Gasteiger partial charge in [-0.2, -0.15) is 4.72 Å². The van der Waals surface area contributed by atoms with Crippen LogP contribution >= 0.6 is 11.6 Å². The molecule has 2 aromatic rings. The lowest BCUT2D eigenvalue weighted by atomic mass is 10.1. The summed E-state index contributed by atoms with van der Waals surface area (Å²) in [5.74, 6) is 4.72. The highest BCUT2D eigenvalue weighted by atomic mass is 35.5. The van der Waals surface area contributed by atoms with Crippen LogP contribution in [0.4, 0.5) is 0 Å². The van der Waals surface area contributed by atoms with Gasteiger partial charge in [0.1, 0.15) is 18.4 Å². The zero-order valence-electron chi connectivity index (χ0n) is 18.5. The molecule has 0 saturated heterocycles. The molecule has 2 amide bonds. The maximum absolute atomic E-state index is 12.7. The number of hydroxylamine groups is 1. The average molecular weight is 508 g/mol. The Labute approximate surface area is 203 Å². The number of rotatable bonds is 12. The number of carbonyl (C=O) groups is 2. The van der Waals surface area contributed by atoms with Gasteiger partial charge in [0.15, 0.2) is 0 Å². The van der Waals surface area contributed by atoms with E-state index in [1.165, 1.54) is 29.7 Å². The molecule has 0 aliphatic heterocycles. The molecule has 9 nitrogen and oxygen atoms in total. The summed E-state index contributed by atoms with van der Waals surface area (Å²) in [5, 5.41) is 12.3. The molecule has 0 bridgehead atoms. The lowest BCUT2D eigenvalue weighted by Crippen LogP contribution is -2.45. The van der Waals surface area contributed by atoms with Gasteiger partial charge in [0.05, 0.1) is 4.90 Å². The highest BCUT2D eigenvalue weighted by Gasteiger charge is 2.25. The number of benzene rings is 2. The minimum absolute atomic E-state index is 0.0626. The fraction of sp³-hybridized carbons (Fsp3) is 0.304. The first-order valence-electron chi connectivity index (χ1n) is 10.4. The van der Waals surface area contributed by atoms with Crippen LogP contribution in [-0.2, 0) is 14.8 Å². The SMILES string of the molecule is CC#CCOc1ccc(S(=O)(=O)NC(CCCCNC(=O)c2ccc(Cl)cc2)C(=O)NO)cc1. The molecule has 182 valence electrons.